The largest absolute Gasteiger partial charge is 0.464 e. The SMILES string of the molecule is CN(C[C@@H]1CCc2nc(C(F)(F)F)cn2C1)[C@H]1CCOC1=O. The van der Waals surface area contributed by atoms with Gasteiger partial charge in [0.25, 0.3) is 0 Å². The summed E-state index contributed by atoms with van der Waals surface area (Å²) in [6, 6.07) is -0.227. The van der Waals surface area contributed by atoms with Crippen molar-refractivity contribution in [2.24, 2.45) is 5.92 Å². The number of imidazole rings is 1. The van der Waals surface area contributed by atoms with Gasteiger partial charge in [0.1, 0.15) is 11.9 Å². The van der Waals surface area contributed by atoms with Crippen molar-refractivity contribution in [3.8, 4) is 0 Å². The van der Waals surface area contributed by atoms with Gasteiger partial charge in [0, 0.05) is 32.1 Å². The topological polar surface area (TPSA) is 47.4 Å². The molecule has 3 rings (SSSR count). The van der Waals surface area contributed by atoms with Gasteiger partial charge in [-0.15, -0.1) is 0 Å². The summed E-state index contributed by atoms with van der Waals surface area (Å²) in [5.74, 6) is 0.494. The molecule has 122 valence electrons. The monoisotopic (exact) mass is 317 g/mol. The molecule has 5 nitrogen and oxygen atoms in total. The Hall–Kier alpha value is -1.57. The molecule has 1 aromatic rings. The first kappa shape index (κ1) is 15.3. The van der Waals surface area contributed by atoms with Crippen molar-refractivity contribution < 1.29 is 22.7 Å². The first-order valence-electron chi connectivity index (χ1n) is 7.34. The smallest absolute Gasteiger partial charge is 0.434 e. The summed E-state index contributed by atoms with van der Waals surface area (Å²) >= 11 is 0. The molecular weight excluding hydrogens is 299 g/mol. The van der Waals surface area contributed by atoms with E-state index in [1.807, 2.05) is 11.9 Å². The minimum absolute atomic E-state index is 0.207. The van der Waals surface area contributed by atoms with Crippen LogP contribution in [0.5, 0.6) is 0 Å². The van der Waals surface area contributed by atoms with Crippen molar-refractivity contribution in [1.29, 1.82) is 0 Å². The Kier molecular flexibility index (Phi) is 3.88. The molecule has 0 unspecified atom stereocenters. The van der Waals surface area contributed by atoms with Crippen LogP contribution in [0.1, 0.15) is 24.4 Å². The highest BCUT2D eigenvalue weighted by Crippen LogP contribution is 2.31. The van der Waals surface area contributed by atoms with Gasteiger partial charge in [-0.1, -0.05) is 0 Å². The van der Waals surface area contributed by atoms with E-state index in [9.17, 15) is 18.0 Å². The molecule has 2 aliphatic heterocycles. The van der Waals surface area contributed by atoms with Crippen LogP contribution in [-0.4, -0.2) is 46.7 Å². The standard InChI is InChI=1S/C14H18F3N3O2/c1-19(10-4-5-22-13(10)21)6-9-2-3-12-18-11(14(15,16)17)8-20(12)7-9/h8-10H,2-7H2,1H3/t9-,10-/m0/s1. The summed E-state index contributed by atoms with van der Waals surface area (Å²) < 4.78 is 44.6. The van der Waals surface area contributed by atoms with E-state index in [4.69, 9.17) is 4.74 Å². The number of ether oxygens (including phenoxy) is 1. The van der Waals surface area contributed by atoms with Crippen molar-refractivity contribution in [2.45, 2.75) is 38.0 Å². The summed E-state index contributed by atoms with van der Waals surface area (Å²) in [5, 5.41) is 0. The lowest BCUT2D eigenvalue weighted by Gasteiger charge is -2.29. The third-order valence-electron chi connectivity index (χ3n) is 4.37. The van der Waals surface area contributed by atoms with E-state index >= 15 is 0 Å². The molecule has 2 aliphatic rings. The normalized spacial score (nSPS) is 25.4. The predicted octanol–water partition coefficient (Wildman–Crippen LogP) is 1.71. The lowest BCUT2D eigenvalue weighted by Crippen LogP contribution is -2.40. The second kappa shape index (κ2) is 5.57. The highest BCUT2D eigenvalue weighted by atomic mass is 19.4. The third kappa shape index (κ3) is 2.97. The maximum atomic E-state index is 12.7. The highest BCUT2D eigenvalue weighted by Gasteiger charge is 2.36. The van der Waals surface area contributed by atoms with E-state index in [-0.39, 0.29) is 17.9 Å². The minimum Gasteiger partial charge on any atom is -0.464 e. The van der Waals surface area contributed by atoms with Crippen LogP contribution in [-0.2, 0) is 28.7 Å². The Labute approximate surface area is 126 Å². The van der Waals surface area contributed by atoms with E-state index in [2.05, 4.69) is 4.98 Å². The Balaban J connectivity index is 1.64. The summed E-state index contributed by atoms with van der Waals surface area (Å²) in [4.78, 5) is 17.2. The maximum absolute atomic E-state index is 12.7. The molecule has 8 heteroatoms. The number of carbonyl (C=O) groups excluding carboxylic acids is 1. The Bertz CT molecular complexity index is 570. The molecule has 1 fully saturated rings. The lowest BCUT2D eigenvalue weighted by atomic mass is 9.98. The van der Waals surface area contributed by atoms with E-state index < -0.39 is 11.9 Å². The number of hydrogen-bond donors (Lipinski definition) is 0. The number of esters is 1. The molecule has 0 saturated carbocycles. The van der Waals surface area contributed by atoms with Gasteiger partial charge in [-0.05, 0) is 19.4 Å². The van der Waals surface area contributed by atoms with Crippen molar-refractivity contribution in [3.63, 3.8) is 0 Å². The fourth-order valence-corrected chi connectivity index (χ4v) is 3.22. The summed E-state index contributed by atoms with van der Waals surface area (Å²) in [5.41, 5.74) is -0.823. The van der Waals surface area contributed by atoms with Crippen LogP contribution < -0.4 is 0 Å². The first-order chi connectivity index (χ1) is 10.3. The average molecular weight is 317 g/mol. The molecular formula is C14H18F3N3O2. The average Bonchev–Trinajstić information content (AvgIpc) is 3.03. The zero-order chi connectivity index (χ0) is 15.9. The van der Waals surface area contributed by atoms with Crippen LogP contribution in [0, 0.1) is 5.92 Å². The van der Waals surface area contributed by atoms with E-state index in [0.29, 0.717) is 38.4 Å². The van der Waals surface area contributed by atoms with E-state index in [1.165, 1.54) is 0 Å². The number of hydrogen-bond acceptors (Lipinski definition) is 4. The quantitative estimate of drug-likeness (QED) is 0.796. The number of likely N-dealkylation sites (N-methyl/N-ethyl adjacent to an activating group) is 1. The number of aromatic nitrogens is 2. The number of halogens is 3. The number of cyclic esters (lactones) is 1. The van der Waals surface area contributed by atoms with Gasteiger partial charge in [0.15, 0.2) is 5.69 Å². The summed E-state index contributed by atoms with van der Waals surface area (Å²) in [6.07, 6.45) is -1.32. The van der Waals surface area contributed by atoms with Gasteiger partial charge in [0.05, 0.1) is 6.61 Å². The Morgan fingerprint density at radius 2 is 2.23 bits per heavy atom. The van der Waals surface area contributed by atoms with Crippen LogP contribution in [0.15, 0.2) is 6.20 Å². The molecule has 0 radical (unpaired) electrons. The highest BCUT2D eigenvalue weighted by molar-refractivity contribution is 5.77. The van der Waals surface area contributed by atoms with Gasteiger partial charge in [-0.2, -0.15) is 13.2 Å². The number of alkyl halides is 3. The fraction of sp³-hybridized carbons (Fsp3) is 0.714. The Morgan fingerprint density at radius 3 is 2.86 bits per heavy atom. The number of rotatable bonds is 3. The van der Waals surface area contributed by atoms with Crippen LogP contribution in [0.3, 0.4) is 0 Å². The van der Waals surface area contributed by atoms with E-state index in [0.717, 1.165) is 12.6 Å². The van der Waals surface area contributed by atoms with Gasteiger partial charge in [0.2, 0.25) is 0 Å². The van der Waals surface area contributed by atoms with Crippen LogP contribution in [0.4, 0.5) is 13.2 Å². The minimum atomic E-state index is -4.40. The molecule has 0 aliphatic carbocycles. The third-order valence-corrected chi connectivity index (χ3v) is 4.37. The lowest BCUT2D eigenvalue weighted by molar-refractivity contribution is -0.142. The molecule has 3 heterocycles. The number of nitrogens with zero attached hydrogens (tertiary/aromatic N) is 3. The Morgan fingerprint density at radius 1 is 1.45 bits per heavy atom. The van der Waals surface area contributed by atoms with Crippen molar-refractivity contribution in [1.82, 2.24) is 14.5 Å². The zero-order valence-corrected chi connectivity index (χ0v) is 12.3. The van der Waals surface area contributed by atoms with Crippen LogP contribution in [0.2, 0.25) is 0 Å². The van der Waals surface area contributed by atoms with Crippen LogP contribution in [0.25, 0.3) is 0 Å². The molecule has 0 aromatic carbocycles. The summed E-state index contributed by atoms with van der Waals surface area (Å²) in [7, 11) is 1.86. The molecule has 0 spiro atoms. The second-order valence-electron chi connectivity index (χ2n) is 6.01. The van der Waals surface area contributed by atoms with Crippen molar-refractivity contribution >= 4 is 5.97 Å². The van der Waals surface area contributed by atoms with Crippen molar-refractivity contribution in [2.75, 3.05) is 20.2 Å². The predicted molar refractivity (Wildman–Crippen MR) is 71.0 cm³/mol. The summed E-state index contributed by atoms with van der Waals surface area (Å²) in [6.45, 7) is 1.61. The fourth-order valence-electron chi connectivity index (χ4n) is 3.22. The number of aryl methyl sites for hydroxylation is 1. The second-order valence-corrected chi connectivity index (χ2v) is 6.01. The zero-order valence-electron chi connectivity index (χ0n) is 12.3. The molecule has 0 amide bonds. The van der Waals surface area contributed by atoms with Gasteiger partial charge >= 0.3 is 12.1 Å². The van der Waals surface area contributed by atoms with E-state index in [1.54, 1.807) is 4.57 Å². The molecule has 0 bridgehead atoms. The molecule has 0 N–H and O–H groups in total. The molecule has 22 heavy (non-hydrogen) atoms. The van der Waals surface area contributed by atoms with Crippen molar-refractivity contribution in [3.05, 3.63) is 17.7 Å². The van der Waals surface area contributed by atoms with Gasteiger partial charge < -0.3 is 9.30 Å². The molecule has 1 saturated heterocycles. The van der Waals surface area contributed by atoms with Gasteiger partial charge in [-0.3, -0.25) is 9.69 Å². The number of fused-ring (bicyclic) bond motifs is 1. The number of carbonyl (C=O) groups is 1. The maximum Gasteiger partial charge on any atom is 0.434 e. The first-order valence-corrected chi connectivity index (χ1v) is 7.34. The van der Waals surface area contributed by atoms with Crippen LogP contribution >= 0.6 is 0 Å². The molecule has 2 atom stereocenters. The van der Waals surface area contributed by atoms with Gasteiger partial charge in [-0.25, -0.2) is 4.98 Å². The molecule has 1 aromatic heterocycles.